The van der Waals surface area contributed by atoms with Gasteiger partial charge in [-0.15, -0.1) is 0 Å². The molecule has 180 valence electrons. The van der Waals surface area contributed by atoms with Crippen molar-refractivity contribution in [1.29, 1.82) is 0 Å². The molecule has 2 heterocycles. The van der Waals surface area contributed by atoms with Gasteiger partial charge < -0.3 is 9.84 Å². The molecule has 1 N–H and O–H groups in total. The van der Waals surface area contributed by atoms with E-state index in [1.807, 2.05) is 4.90 Å². The summed E-state index contributed by atoms with van der Waals surface area (Å²) in [6.45, 7) is 0.0343. The number of phenolic OH excluding ortho intramolecular Hbond substituents is 1. The zero-order valence-electron chi connectivity index (χ0n) is 17.7. The highest BCUT2D eigenvalue weighted by molar-refractivity contribution is 5.45. The second kappa shape index (κ2) is 9.42. The first kappa shape index (κ1) is 23.7. The summed E-state index contributed by atoms with van der Waals surface area (Å²) in [7, 11) is 0. The Morgan fingerprint density at radius 3 is 2.39 bits per heavy atom. The molecule has 0 amide bonds. The molecule has 1 atom stereocenters. The lowest BCUT2D eigenvalue weighted by molar-refractivity contribution is -0.150. The van der Waals surface area contributed by atoms with E-state index in [0.717, 1.165) is 17.0 Å². The Hall–Kier alpha value is -2.46. The number of alkyl halides is 4. The molecule has 0 unspecified atom stereocenters. The van der Waals surface area contributed by atoms with Crippen molar-refractivity contribution in [3.63, 3.8) is 0 Å². The number of phenols is 1. The lowest BCUT2D eigenvalue weighted by Crippen LogP contribution is -2.49. The SMILES string of the molecule is Oc1ccc2c(c1)CCN(CC(F)(F)F)[C@@H]2c1c(F)cc(OCCN2CC(CF)C2)cc1F. The van der Waals surface area contributed by atoms with Crippen molar-refractivity contribution < 1.29 is 36.2 Å². The predicted molar refractivity (Wildman–Crippen MR) is 109 cm³/mol. The standard InChI is InChI=1S/C23H24F6N2O2/c24-10-14-11-30(12-14)5-6-33-17-8-19(25)21(20(26)9-17)22-18-2-1-16(32)7-15(18)3-4-31(22)13-23(27,28)29/h1-2,7-9,14,22,32H,3-6,10-13H2/t22-/m0/s1. The largest absolute Gasteiger partial charge is 0.508 e. The number of likely N-dealkylation sites (tertiary alicyclic amines) is 1. The first-order valence-electron chi connectivity index (χ1n) is 10.7. The molecule has 1 saturated heterocycles. The molecule has 4 rings (SSSR count). The van der Waals surface area contributed by atoms with Crippen LogP contribution in [0.5, 0.6) is 11.5 Å². The second-order valence-electron chi connectivity index (χ2n) is 8.55. The smallest absolute Gasteiger partial charge is 0.401 e. The molecule has 0 saturated carbocycles. The van der Waals surface area contributed by atoms with Gasteiger partial charge in [0.05, 0.1) is 19.3 Å². The fourth-order valence-electron chi connectivity index (χ4n) is 4.56. The van der Waals surface area contributed by atoms with Crippen LogP contribution < -0.4 is 4.74 Å². The van der Waals surface area contributed by atoms with Gasteiger partial charge >= 0.3 is 6.18 Å². The first-order valence-corrected chi connectivity index (χ1v) is 10.7. The number of hydrogen-bond acceptors (Lipinski definition) is 4. The van der Waals surface area contributed by atoms with Gasteiger partial charge in [-0.2, -0.15) is 13.2 Å². The Morgan fingerprint density at radius 2 is 1.76 bits per heavy atom. The summed E-state index contributed by atoms with van der Waals surface area (Å²) < 4.78 is 87.8. The van der Waals surface area contributed by atoms with Crippen LogP contribution in [-0.2, 0) is 6.42 Å². The van der Waals surface area contributed by atoms with E-state index in [1.54, 1.807) is 0 Å². The number of ether oxygens (including phenoxy) is 1. The average Bonchev–Trinajstić information content (AvgIpc) is 2.69. The number of halogens is 6. The van der Waals surface area contributed by atoms with E-state index in [9.17, 15) is 22.7 Å². The van der Waals surface area contributed by atoms with Gasteiger partial charge in [-0.1, -0.05) is 6.07 Å². The minimum absolute atomic E-state index is 0.0131. The van der Waals surface area contributed by atoms with Crippen molar-refractivity contribution in [2.45, 2.75) is 18.6 Å². The topological polar surface area (TPSA) is 35.9 Å². The molecule has 2 aliphatic rings. The fraction of sp³-hybridized carbons (Fsp3) is 0.478. The summed E-state index contributed by atoms with van der Waals surface area (Å²) in [5.41, 5.74) is 0.362. The summed E-state index contributed by atoms with van der Waals surface area (Å²) >= 11 is 0. The van der Waals surface area contributed by atoms with E-state index in [0.29, 0.717) is 30.8 Å². The van der Waals surface area contributed by atoms with Crippen molar-refractivity contribution >= 4 is 0 Å². The Labute approximate surface area is 187 Å². The predicted octanol–water partition coefficient (Wildman–Crippen LogP) is 4.46. The van der Waals surface area contributed by atoms with Gasteiger partial charge in [0.2, 0.25) is 0 Å². The third-order valence-electron chi connectivity index (χ3n) is 6.09. The van der Waals surface area contributed by atoms with Crippen molar-refractivity contribution in [2.24, 2.45) is 5.92 Å². The lowest BCUT2D eigenvalue weighted by atomic mass is 9.87. The fourth-order valence-corrected chi connectivity index (χ4v) is 4.56. The number of aromatic hydroxyl groups is 1. The number of nitrogens with zero attached hydrogens (tertiary/aromatic N) is 2. The summed E-state index contributed by atoms with van der Waals surface area (Å²) in [6, 6.07) is 4.74. The lowest BCUT2D eigenvalue weighted by Gasteiger charge is -2.38. The van der Waals surface area contributed by atoms with Crippen LogP contribution in [0, 0.1) is 17.6 Å². The van der Waals surface area contributed by atoms with Gasteiger partial charge in [0.15, 0.2) is 0 Å². The van der Waals surface area contributed by atoms with Crippen molar-refractivity contribution in [1.82, 2.24) is 9.80 Å². The molecule has 0 bridgehead atoms. The minimum Gasteiger partial charge on any atom is -0.508 e. The van der Waals surface area contributed by atoms with E-state index in [1.165, 1.54) is 18.2 Å². The molecule has 0 aromatic heterocycles. The Kier molecular flexibility index (Phi) is 6.76. The van der Waals surface area contributed by atoms with Gasteiger partial charge in [-0.05, 0) is 29.7 Å². The first-order chi connectivity index (χ1) is 15.6. The van der Waals surface area contributed by atoms with Gasteiger partial charge in [0.25, 0.3) is 0 Å². The number of fused-ring (bicyclic) bond motifs is 1. The number of benzene rings is 2. The summed E-state index contributed by atoms with van der Waals surface area (Å²) in [6.07, 6.45) is -4.35. The highest BCUT2D eigenvalue weighted by Gasteiger charge is 2.39. The quantitative estimate of drug-likeness (QED) is 0.602. The van der Waals surface area contributed by atoms with E-state index in [4.69, 9.17) is 4.74 Å². The van der Waals surface area contributed by atoms with Gasteiger partial charge in [0.1, 0.15) is 29.7 Å². The summed E-state index contributed by atoms with van der Waals surface area (Å²) in [5, 5.41) is 9.73. The van der Waals surface area contributed by atoms with Crippen LogP contribution in [0.3, 0.4) is 0 Å². The highest BCUT2D eigenvalue weighted by atomic mass is 19.4. The Morgan fingerprint density at radius 1 is 1.06 bits per heavy atom. The molecule has 0 aliphatic carbocycles. The van der Waals surface area contributed by atoms with E-state index >= 15 is 8.78 Å². The maximum Gasteiger partial charge on any atom is 0.401 e. The van der Waals surface area contributed by atoms with Crippen molar-refractivity contribution in [3.8, 4) is 11.5 Å². The van der Waals surface area contributed by atoms with Crippen LogP contribution in [0.25, 0.3) is 0 Å². The maximum atomic E-state index is 15.1. The van der Waals surface area contributed by atoms with Crippen LogP contribution >= 0.6 is 0 Å². The highest BCUT2D eigenvalue weighted by Crippen LogP contribution is 2.41. The molecule has 1 fully saturated rings. The Balaban J connectivity index is 1.57. The number of rotatable bonds is 7. The van der Waals surface area contributed by atoms with Crippen LogP contribution in [0.1, 0.15) is 22.7 Å². The van der Waals surface area contributed by atoms with Gasteiger partial charge in [-0.25, -0.2) is 8.78 Å². The van der Waals surface area contributed by atoms with Crippen LogP contribution in [0.2, 0.25) is 0 Å². The molecular weight excluding hydrogens is 450 g/mol. The van der Waals surface area contributed by atoms with Crippen molar-refractivity contribution in [3.05, 3.63) is 58.7 Å². The summed E-state index contributed by atoms with van der Waals surface area (Å²) in [5.74, 6) is -2.14. The normalized spacial score (nSPS) is 19.9. The molecule has 2 aromatic rings. The molecular formula is C23H24F6N2O2. The molecule has 2 aromatic carbocycles. The average molecular weight is 474 g/mol. The number of hydrogen-bond donors (Lipinski definition) is 1. The Bertz CT molecular complexity index is 970. The molecule has 33 heavy (non-hydrogen) atoms. The summed E-state index contributed by atoms with van der Waals surface area (Å²) in [4.78, 5) is 2.95. The molecule has 4 nitrogen and oxygen atoms in total. The monoisotopic (exact) mass is 474 g/mol. The van der Waals surface area contributed by atoms with Gasteiger partial charge in [0, 0.05) is 49.8 Å². The van der Waals surface area contributed by atoms with Crippen LogP contribution in [-0.4, -0.2) is 67.1 Å². The van der Waals surface area contributed by atoms with E-state index in [2.05, 4.69) is 0 Å². The van der Waals surface area contributed by atoms with Crippen molar-refractivity contribution in [2.75, 3.05) is 46.0 Å². The van der Waals surface area contributed by atoms with Crippen LogP contribution in [0.4, 0.5) is 26.3 Å². The second-order valence-corrected chi connectivity index (χ2v) is 8.55. The zero-order valence-corrected chi connectivity index (χ0v) is 17.7. The third-order valence-corrected chi connectivity index (χ3v) is 6.09. The van der Waals surface area contributed by atoms with E-state index < -0.39 is 36.0 Å². The maximum absolute atomic E-state index is 15.1. The van der Waals surface area contributed by atoms with Gasteiger partial charge in [-0.3, -0.25) is 14.2 Å². The van der Waals surface area contributed by atoms with E-state index in [-0.39, 0.29) is 43.7 Å². The molecule has 2 aliphatic heterocycles. The molecule has 0 spiro atoms. The minimum atomic E-state index is -4.55. The molecule has 10 heteroatoms. The third kappa shape index (κ3) is 5.38. The molecule has 0 radical (unpaired) electrons. The van der Waals surface area contributed by atoms with Crippen LogP contribution in [0.15, 0.2) is 30.3 Å². The zero-order chi connectivity index (χ0) is 23.8.